The van der Waals surface area contributed by atoms with Gasteiger partial charge in [-0.05, 0) is 62.6 Å². The van der Waals surface area contributed by atoms with Crippen LogP contribution in [0.3, 0.4) is 0 Å². The number of anilines is 1. The summed E-state index contributed by atoms with van der Waals surface area (Å²) in [5.74, 6) is 0.974. The zero-order valence-corrected chi connectivity index (χ0v) is 12.3. The van der Waals surface area contributed by atoms with Crippen LogP contribution in [-0.4, -0.2) is 24.0 Å². The molecular weight excluding hydrogens is 232 g/mol. The molecule has 0 spiro atoms. The van der Waals surface area contributed by atoms with Gasteiger partial charge in [-0.3, -0.25) is 4.90 Å². The lowest BCUT2D eigenvalue weighted by molar-refractivity contribution is 0.204. The van der Waals surface area contributed by atoms with E-state index in [9.17, 15) is 0 Å². The molecule has 0 amide bonds. The molecule has 104 valence electrons. The Morgan fingerprint density at radius 1 is 1.32 bits per heavy atom. The second-order valence-corrected chi connectivity index (χ2v) is 6.49. The molecule has 1 aromatic rings. The molecule has 1 fully saturated rings. The standard InChI is InChI=1S/C17H26N2/c1-13(2)19(11-14-5-6-14)12-15-7-8-17-16(10-15)4-3-9-18-17/h7-8,10,13-14,18H,3-6,9,11-12H2,1-2H3. The molecule has 19 heavy (non-hydrogen) atoms. The van der Waals surface area contributed by atoms with Gasteiger partial charge < -0.3 is 5.32 Å². The average Bonchev–Trinajstić information content (AvgIpc) is 3.22. The SMILES string of the molecule is CC(C)N(Cc1ccc2c(c1)CCCN2)CC1CC1. The Kier molecular flexibility index (Phi) is 3.79. The molecule has 2 heteroatoms. The molecule has 0 atom stereocenters. The number of hydrogen-bond acceptors (Lipinski definition) is 2. The minimum atomic E-state index is 0.648. The molecule has 0 radical (unpaired) electrons. The lowest BCUT2D eigenvalue weighted by Gasteiger charge is -2.27. The first kappa shape index (κ1) is 13.0. The lowest BCUT2D eigenvalue weighted by Crippen LogP contribution is -2.32. The second-order valence-electron chi connectivity index (χ2n) is 6.49. The highest BCUT2D eigenvalue weighted by atomic mass is 15.1. The summed E-state index contributed by atoms with van der Waals surface area (Å²) in [6.45, 7) is 8.17. The van der Waals surface area contributed by atoms with E-state index < -0.39 is 0 Å². The molecule has 1 aliphatic heterocycles. The predicted octanol–water partition coefficient (Wildman–Crippen LogP) is 3.67. The third-order valence-electron chi connectivity index (χ3n) is 4.41. The highest BCUT2D eigenvalue weighted by molar-refractivity contribution is 5.54. The van der Waals surface area contributed by atoms with Gasteiger partial charge in [-0.15, -0.1) is 0 Å². The maximum atomic E-state index is 3.49. The van der Waals surface area contributed by atoms with Crippen molar-refractivity contribution in [3.05, 3.63) is 29.3 Å². The molecule has 1 aromatic carbocycles. The van der Waals surface area contributed by atoms with Crippen LogP contribution < -0.4 is 5.32 Å². The van der Waals surface area contributed by atoms with Crippen molar-refractivity contribution in [2.45, 2.75) is 52.1 Å². The molecule has 1 N–H and O–H groups in total. The first-order valence-corrected chi connectivity index (χ1v) is 7.82. The Labute approximate surface area is 117 Å². The van der Waals surface area contributed by atoms with E-state index in [4.69, 9.17) is 0 Å². The van der Waals surface area contributed by atoms with E-state index in [-0.39, 0.29) is 0 Å². The quantitative estimate of drug-likeness (QED) is 0.867. The Morgan fingerprint density at radius 2 is 2.16 bits per heavy atom. The molecule has 2 nitrogen and oxygen atoms in total. The average molecular weight is 258 g/mol. The summed E-state index contributed by atoms with van der Waals surface area (Å²) in [5, 5.41) is 3.49. The van der Waals surface area contributed by atoms with Crippen molar-refractivity contribution in [2.24, 2.45) is 5.92 Å². The van der Waals surface area contributed by atoms with Gasteiger partial charge in [0.2, 0.25) is 0 Å². The zero-order valence-electron chi connectivity index (χ0n) is 12.3. The molecule has 3 rings (SSSR count). The van der Waals surface area contributed by atoms with Crippen molar-refractivity contribution in [1.82, 2.24) is 4.90 Å². The number of rotatable bonds is 5. The minimum absolute atomic E-state index is 0.648. The summed E-state index contributed by atoms with van der Waals surface area (Å²) in [6.07, 6.45) is 5.39. The Morgan fingerprint density at radius 3 is 2.89 bits per heavy atom. The van der Waals surface area contributed by atoms with Crippen molar-refractivity contribution in [2.75, 3.05) is 18.4 Å². The van der Waals surface area contributed by atoms with Crippen LogP contribution in [0.1, 0.15) is 44.2 Å². The normalized spacial score (nSPS) is 18.5. The lowest BCUT2D eigenvalue weighted by atomic mass is 10.0. The first-order chi connectivity index (χ1) is 9.22. The molecule has 0 unspecified atom stereocenters. The summed E-state index contributed by atoms with van der Waals surface area (Å²) in [6, 6.07) is 7.65. The second kappa shape index (κ2) is 5.54. The highest BCUT2D eigenvalue weighted by Gasteiger charge is 2.25. The fraction of sp³-hybridized carbons (Fsp3) is 0.647. The summed E-state index contributed by atoms with van der Waals surface area (Å²) in [5.41, 5.74) is 4.35. The van der Waals surface area contributed by atoms with E-state index in [0.717, 1.165) is 19.0 Å². The number of hydrogen-bond donors (Lipinski definition) is 1. The number of nitrogens with zero attached hydrogens (tertiary/aromatic N) is 1. The topological polar surface area (TPSA) is 15.3 Å². The van der Waals surface area contributed by atoms with Crippen LogP contribution in [-0.2, 0) is 13.0 Å². The molecular formula is C17H26N2. The predicted molar refractivity (Wildman–Crippen MR) is 81.5 cm³/mol. The smallest absolute Gasteiger partial charge is 0.0372 e. The van der Waals surface area contributed by atoms with Crippen LogP contribution in [0, 0.1) is 5.92 Å². The monoisotopic (exact) mass is 258 g/mol. The van der Waals surface area contributed by atoms with Gasteiger partial charge in [0.15, 0.2) is 0 Å². The summed E-state index contributed by atoms with van der Waals surface area (Å²) >= 11 is 0. The van der Waals surface area contributed by atoms with Gasteiger partial charge in [0.25, 0.3) is 0 Å². The molecule has 2 aliphatic rings. The maximum absolute atomic E-state index is 3.49. The Hall–Kier alpha value is -1.02. The van der Waals surface area contributed by atoms with Crippen LogP contribution in [0.25, 0.3) is 0 Å². The summed E-state index contributed by atoms with van der Waals surface area (Å²) < 4.78 is 0. The molecule has 1 saturated carbocycles. The Bertz CT molecular complexity index is 435. The Balaban J connectivity index is 1.70. The van der Waals surface area contributed by atoms with Gasteiger partial charge in [-0.2, -0.15) is 0 Å². The summed E-state index contributed by atoms with van der Waals surface area (Å²) in [7, 11) is 0. The van der Waals surface area contributed by atoms with Crippen LogP contribution in [0.4, 0.5) is 5.69 Å². The van der Waals surface area contributed by atoms with Gasteiger partial charge in [0.1, 0.15) is 0 Å². The minimum Gasteiger partial charge on any atom is -0.385 e. The van der Waals surface area contributed by atoms with Crippen molar-refractivity contribution in [3.8, 4) is 0 Å². The van der Waals surface area contributed by atoms with Gasteiger partial charge in [-0.25, -0.2) is 0 Å². The van der Waals surface area contributed by atoms with Gasteiger partial charge in [0, 0.05) is 31.4 Å². The molecule has 0 saturated heterocycles. The number of benzene rings is 1. The van der Waals surface area contributed by atoms with E-state index in [2.05, 4.69) is 42.3 Å². The maximum Gasteiger partial charge on any atom is 0.0372 e. The van der Waals surface area contributed by atoms with Gasteiger partial charge >= 0.3 is 0 Å². The largest absolute Gasteiger partial charge is 0.385 e. The number of nitrogens with one attached hydrogen (secondary N) is 1. The third-order valence-corrected chi connectivity index (χ3v) is 4.41. The molecule has 1 aliphatic carbocycles. The van der Waals surface area contributed by atoms with E-state index in [1.54, 1.807) is 0 Å². The van der Waals surface area contributed by atoms with Crippen LogP contribution in [0.5, 0.6) is 0 Å². The highest BCUT2D eigenvalue weighted by Crippen LogP contribution is 2.31. The van der Waals surface area contributed by atoms with Crippen molar-refractivity contribution >= 4 is 5.69 Å². The molecule has 0 bridgehead atoms. The first-order valence-electron chi connectivity index (χ1n) is 7.82. The van der Waals surface area contributed by atoms with E-state index >= 15 is 0 Å². The van der Waals surface area contributed by atoms with Gasteiger partial charge in [0.05, 0.1) is 0 Å². The van der Waals surface area contributed by atoms with E-state index in [1.807, 2.05) is 0 Å². The van der Waals surface area contributed by atoms with E-state index in [1.165, 1.54) is 49.0 Å². The zero-order chi connectivity index (χ0) is 13.2. The molecule has 0 aromatic heterocycles. The van der Waals surface area contributed by atoms with Crippen molar-refractivity contribution in [3.63, 3.8) is 0 Å². The van der Waals surface area contributed by atoms with Crippen LogP contribution in [0.15, 0.2) is 18.2 Å². The van der Waals surface area contributed by atoms with E-state index in [0.29, 0.717) is 6.04 Å². The van der Waals surface area contributed by atoms with Crippen LogP contribution in [0.2, 0.25) is 0 Å². The molecule has 1 heterocycles. The third kappa shape index (κ3) is 3.30. The number of fused-ring (bicyclic) bond motifs is 1. The fourth-order valence-electron chi connectivity index (χ4n) is 2.95. The van der Waals surface area contributed by atoms with Crippen molar-refractivity contribution in [1.29, 1.82) is 0 Å². The number of aryl methyl sites for hydroxylation is 1. The fourth-order valence-corrected chi connectivity index (χ4v) is 2.95. The van der Waals surface area contributed by atoms with Gasteiger partial charge in [-0.1, -0.05) is 12.1 Å². The van der Waals surface area contributed by atoms with Crippen molar-refractivity contribution < 1.29 is 0 Å². The summed E-state index contributed by atoms with van der Waals surface area (Å²) in [4.78, 5) is 2.63. The van der Waals surface area contributed by atoms with Crippen LogP contribution >= 0.6 is 0 Å².